The summed E-state index contributed by atoms with van der Waals surface area (Å²) in [6.45, 7) is 6.14. The lowest BCUT2D eigenvalue weighted by Gasteiger charge is -2.23. The second-order valence-corrected chi connectivity index (χ2v) is 4.24. The van der Waals surface area contributed by atoms with Crippen LogP contribution in [0.4, 0.5) is 0 Å². The molecule has 82 valence electrons. The number of carbonyl (C=O) groups is 1. The van der Waals surface area contributed by atoms with Crippen molar-refractivity contribution in [1.82, 2.24) is 10.6 Å². The molecular formula is C11H22N2O. The smallest absolute Gasteiger partial charge is 0.224 e. The maximum atomic E-state index is 11.7. The predicted octanol–water partition coefficient (Wildman–Crippen LogP) is 1.29. The molecule has 2 atom stereocenters. The Bertz CT molecular complexity index is 176. The average molecular weight is 198 g/mol. The van der Waals surface area contributed by atoms with E-state index in [2.05, 4.69) is 24.5 Å². The molecule has 1 aliphatic rings. The van der Waals surface area contributed by atoms with Gasteiger partial charge in [0.2, 0.25) is 5.91 Å². The Labute approximate surface area is 86.6 Å². The van der Waals surface area contributed by atoms with Gasteiger partial charge in [0.25, 0.3) is 0 Å². The first kappa shape index (κ1) is 11.5. The highest BCUT2D eigenvalue weighted by molar-refractivity contribution is 5.79. The third-order valence-corrected chi connectivity index (χ3v) is 2.78. The first-order valence-corrected chi connectivity index (χ1v) is 5.75. The molecule has 1 amide bonds. The van der Waals surface area contributed by atoms with Gasteiger partial charge in [0.05, 0.1) is 5.92 Å². The fourth-order valence-electron chi connectivity index (χ4n) is 1.94. The van der Waals surface area contributed by atoms with Gasteiger partial charge in [0.1, 0.15) is 0 Å². The van der Waals surface area contributed by atoms with Crippen molar-refractivity contribution in [1.29, 1.82) is 0 Å². The fraction of sp³-hybridized carbons (Fsp3) is 0.909. The summed E-state index contributed by atoms with van der Waals surface area (Å²) in [5.74, 6) is 0.432. The highest BCUT2D eigenvalue weighted by atomic mass is 16.1. The molecule has 0 saturated carbocycles. The predicted molar refractivity (Wildman–Crippen MR) is 58.1 cm³/mol. The molecule has 3 nitrogen and oxygen atoms in total. The highest BCUT2D eigenvalue weighted by Gasteiger charge is 2.21. The van der Waals surface area contributed by atoms with Crippen LogP contribution in [0.3, 0.4) is 0 Å². The molecule has 1 fully saturated rings. The van der Waals surface area contributed by atoms with Crippen LogP contribution in [0, 0.1) is 5.92 Å². The van der Waals surface area contributed by atoms with Crippen molar-refractivity contribution in [3.05, 3.63) is 0 Å². The Morgan fingerprint density at radius 3 is 3.00 bits per heavy atom. The van der Waals surface area contributed by atoms with E-state index in [-0.39, 0.29) is 11.8 Å². The van der Waals surface area contributed by atoms with Crippen molar-refractivity contribution in [3.8, 4) is 0 Å². The van der Waals surface area contributed by atoms with Gasteiger partial charge in [0.15, 0.2) is 0 Å². The number of nitrogens with one attached hydrogen (secondary N) is 2. The van der Waals surface area contributed by atoms with Crippen LogP contribution < -0.4 is 10.6 Å². The van der Waals surface area contributed by atoms with Crippen LogP contribution in [-0.4, -0.2) is 25.0 Å². The van der Waals surface area contributed by atoms with Gasteiger partial charge >= 0.3 is 0 Å². The van der Waals surface area contributed by atoms with Crippen LogP contribution in [0.5, 0.6) is 0 Å². The standard InChI is InChI=1S/C11H22N2O/c1-3-5-9(2)13-11(14)10-6-4-7-12-8-10/h9-10,12H,3-8H2,1-2H3,(H,13,14)/t9?,10-/m0/s1. The van der Waals surface area contributed by atoms with E-state index in [0.29, 0.717) is 6.04 Å². The first-order valence-electron chi connectivity index (χ1n) is 5.75. The Morgan fingerprint density at radius 2 is 2.43 bits per heavy atom. The van der Waals surface area contributed by atoms with Crippen molar-refractivity contribution in [2.45, 2.75) is 45.6 Å². The van der Waals surface area contributed by atoms with Crippen molar-refractivity contribution in [3.63, 3.8) is 0 Å². The lowest BCUT2D eigenvalue weighted by molar-refractivity contribution is -0.126. The summed E-state index contributed by atoms with van der Waals surface area (Å²) < 4.78 is 0. The first-order chi connectivity index (χ1) is 6.74. The molecule has 0 aromatic heterocycles. The maximum absolute atomic E-state index is 11.7. The van der Waals surface area contributed by atoms with Gasteiger partial charge in [-0.1, -0.05) is 13.3 Å². The molecular weight excluding hydrogens is 176 g/mol. The number of piperidine rings is 1. The van der Waals surface area contributed by atoms with Crippen LogP contribution in [0.25, 0.3) is 0 Å². The van der Waals surface area contributed by atoms with Crippen LogP contribution in [-0.2, 0) is 4.79 Å². The molecule has 1 aliphatic heterocycles. The van der Waals surface area contributed by atoms with Gasteiger partial charge < -0.3 is 10.6 Å². The summed E-state index contributed by atoms with van der Waals surface area (Å²) in [5.41, 5.74) is 0. The van der Waals surface area contributed by atoms with Crippen molar-refractivity contribution >= 4 is 5.91 Å². The van der Waals surface area contributed by atoms with E-state index < -0.39 is 0 Å². The number of amides is 1. The molecule has 14 heavy (non-hydrogen) atoms. The van der Waals surface area contributed by atoms with E-state index in [1.54, 1.807) is 0 Å². The Hall–Kier alpha value is -0.570. The zero-order chi connectivity index (χ0) is 10.4. The van der Waals surface area contributed by atoms with Gasteiger partial charge in [-0.3, -0.25) is 4.79 Å². The number of carbonyl (C=O) groups excluding carboxylic acids is 1. The third-order valence-electron chi connectivity index (χ3n) is 2.78. The van der Waals surface area contributed by atoms with E-state index in [1.165, 1.54) is 0 Å². The summed E-state index contributed by atoms with van der Waals surface area (Å²) in [6.07, 6.45) is 4.37. The minimum Gasteiger partial charge on any atom is -0.353 e. The average Bonchev–Trinajstić information content (AvgIpc) is 2.19. The van der Waals surface area contributed by atoms with Crippen LogP contribution in [0.15, 0.2) is 0 Å². The zero-order valence-electron chi connectivity index (χ0n) is 9.31. The molecule has 1 saturated heterocycles. The Balaban J connectivity index is 2.25. The number of rotatable bonds is 4. The van der Waals surface area contributed by atoms with Gasteiger partial charge in [-0.2, -0.15) is 0 Å². The molecule has 2 N–H and O–H groups in total. The summed E-state index contributed by atoms with van der Waals surface area (Å²) in [5, 5.41) is 6.33. The summed E-state index contributed by atoms with van der Waals surface area (Å²) in [4.78, 5) is 11.7. The van der Waals surface area contributed by atoms with E-state index in [1.807, 2.05) is 0 Å². The molecule has 0 aromatic rings. The lowest BCUT2D eigenvalue weighted by Crippen LogP contribution is -2.43. The molecule has 0 radical (unpaired) electrons. The minimum atomic E-state index is 0.197. The highest BCUT2D eigenvalue weighted by Crippen LogP contribution is 2.10. The zero-order valence-corrected chi connectivity index (χ0v) is 9.31. The van der Waals surface area contributed by atoms with Gasteiger partial charge in [-0.25, -0.2) is 0 Å². The quantitative estimate of drug-likeness (QED) is 0.714. The maximum Gasteiger partial charge on any atom is 0.224 e. The van der Waals surface area contributed by atoms with Gasteiger partial charge in [-0.15, -0.1) is 0 Å². The second-order valence-electron chi connectivity index (χ2n) is 4.24. The largest absolute Gasteiger partial charge is 0.353 e. The lowest BCUT2D eigenvalue weighted by atomic mass is 9.98. The second kappa shape index (κ2) is 6.02. The van der Waals surface area contributed by atoms with E-state index in [0.717, 1.165) is 38.8 Å². The summed E-state index contributed by atoms with van der Waals surface area (Å²) in [6, 6.07) is 0.328. The minimum absolute atomic E-state index is 0.197. The third kappa shape index (κ3) is 3.66. The van der Waals surface area contributed by atoms with E-state index in [9.17, 15) is 4.79 Å². The SMILES string of the molecule is CCCC(C)NC(=O)[C@H]1CCCNC1. The van der Waals surface area contributed by atoms with Crippen LogP contribution in [0.1, 0.15) is 39.5 Å². The van der Waals surface area contributed by atoms with E-state index in [4.69, 9.17) is 0 Å². The molecule has 0 bridgehead atoms. The van der Waals surface area contributed by atoms with Gasteiger partial charge in [-0.05, 0) is 32.7 Å². The van der Waals surface area contributed by atoms with E-state index >= 15 is 0 Å². The molecule has 0 spiro atoms. The molecule has 1 heterocycles. The van der Waals surface area contributed by atoms with Crippen LogP contribution in [0.2, 0.25) is 0 Å². The molecule has 0 aromatic carbocycles. The summed E-state index contributed by atoms with van der Waals surface area (Å²) >= 11 is 0. The Kier molecular flexibility index (Phi) is 4.94. The molecule has 1 unspecified atom stereocenters. The van der Waals surface area contributed by atoms with Crippen molar-refractivity contribution in [2.75, 3.05) is 13.1 Å². The number of hydrogen-bond donors (Lipinski definition) is 2. The number of hydrogen-bond acceptors (Lipinski definition) is 2. The van der Waals surface area contributed by atoms with Crippen molar-refractivity contribution < 1.29 is 4.79 Å². The molecule has 0 aliphatic carbocycles. The fourth-order valence-corrected chi connectivity index (χ4v) is 1.94. The van der Waals surface area contributed by atoms with Crippen LogP contribution >= 0.6 is 0 Å². The monoisotopic (exact) mass is 198 g/mol. The molecule has 3 heteroatoms. The van der Waals surface area contributed by atoms with Gasteiger partial charge in [0, 0.05) is 12.6 Å². The summed E-state index contributed by atoms with van der Waals surface area (Å²) in [7, 11) is 0. The van der Waals surface area contributed by atoms with Crippen molar-refractivity contribution in [2.24, 2.45) is 5.92 Å². The topological polar surface area (TPSA) is 41.1 Å². The Morgan fingerprint density at radius 1 is 1.64 bits per heavy atom. The normalized spacial score (nSPS) is 24.3. The molecule has 1 rings (SSSR count).